The van der Waals surface area contributed by atoms with Crippen molar-refractivity contribution in [2.45, 2.75) is 66.0 Å². The first-order valence-electron chi connectivity index (χ1n) is 5.72. The molecule has 0 aliphatic heterocycles. The van der Waals surface area contributed by atoms with E-state index in [4.69, 9.17) is 10.5 Å². The maximum Gasteiger partial charge on any atom is 0.307 e. The number of hydrogen-bond acceptors (Lipinski definition) is 3. The molecule has 2 unspecified atom stereocenters. The smallest absolute Gasteiger partial charge is 0.307 e. The first-order chi connectivity index (χ1) is 6.76. The first kappa shape index (κ1) is 14.4. The van der Waals surface area contributed by atoms with Crippen molar-refractivity contribution >= 4 is 5.97 Å². The minimum Gasteiger partial charge on any atom is -0.463 e. The van der Waals surface area contributed by atoms with Crippen LogP contribution in [0.4, 0.5) is 0 Å². The summed E-state index contributed by atoms with van der Waals surface area (Å²) in [4.78, 5) is 11.3. The molecule has 0 spiro atoms. The molecule has 0 aliphatic rings. The summed E-state index contributed by atoms with van der Waals surface area (Å²) in [5, 5.41) is 0. The lowest BCUT2D eigenvalue weighted by Gasteiger charge is -2.26. The van der Waals surface area contributed by atoms with E-state index in [1.165, 1.54) is 0 Å². The molecule has 2 atom stereocenters. The Kier molecular flexibility index (Phi) is 5.88. The van der Waals surface area contributed by atoms with Gasteiger partial charge in [-0.2, -0.15) is 0 Å². The molecule has 0 rings (SSSR count). The van der Waals surface area contributed by atoms with Crippen molar-refractivity contribution in [3.63, 3.8) is 0 Å². The molecule has 0 bridgehead atoms. The zero-order valence-electron chi connectivity index (χ0n) is 10.7. The van der Waals surface area contributed by atoms with Gasteiger partial charge in [-0.05, 0) is 25.7 Å². The maximum absolute atomic E-state index is 11.3. The molecule has 0 saturated heterocycles. The Balaban J connectivity index is 3.93. The molecule has 0 amide bonds. The van der Waals surface area contributed by atoms with Crippen molar-refractivity contribution in [2.75, 3.05) is 0 Å². The minimum atomic E-state index is -0.190. The summed E-state index contributed by atoms with van der Waals surface area (Å²) in [6, 6.07) is -0.121. The molecule has 0 aliphatic carbocycles. The molecular formula is C12H25NO2. The summed E-state index contributed by atoms with van der Waals surface area (Å²) in [5.74, 6) is -0.190. The van der Waals surface area contributed by atoms with Crippen molar-refractivity contribution in [1.29, 1.82) is 0 Å². The molecule has 0 aromatic rings. The van der Waals surface area contributed by atoms with Gasteiger partial charge in [0.2, 0.25) is 0 Å². The zero-order valence-corrected chi connectivity index (χ0v) is 10.7. The molecule has 90 valence electrons. The highest BCUT2D eigenvalue weighted by Gasteiger charge is 2.21. The van der Waals surface area contributed by atoms with Crippen LogP contribution in [0.5, 0.6) is 0 Å². The van der Waals surface area contributed by atoms with Gasteiger partial charge in [0.05, 0.1) is 12.5 Å². The van der Waals surface area contributed by atoms with Crippen LogP contribution in [0.1, 0.15) is 53.9 Å². The average molecular weight is 215 g/mol. The van der Waals surface area contributed by atoms with Gasteiger partial charge in [0.25, 0.3) is 0 Å². The van der Waals surface area contributed by atoms with Crippen molar-refractivity contribution in [3.05, 3.63) is 0 Å². The van der Waals surface area contributed by atoms with Gasteiger partial charge < -0.3 is 10.5 Å². The Labute approximate surface area is 93.4 Å². The first-order valence-corrected chi connectivity index (χ1v) is 5.72. The molecular weight excluding hydrogens is 190 g/mol. The molecule has 3 nitrogen and oxygen atoms in total. The van der Waals surface area contributed by atoms with Gasteiger partial charge in [0.15, 0.2) is 0 Å². The summed E-state index contributed by atoms with van der Waals surface area (Å²) >= 11 is 0. The standard InChI is InChI=1S/C12H25NO2/c1-6-12(4,5)8-10(3)15-11(14)7-9(2)13/h9-10H,6-8,13H2,1-5H3. The van der Waals surface area contributed by atoms with Crippen LogP contribution in [0.15, 0.2) is 0 Å². The number of hydrogen-bond donors (Lipinski definition) is 1. The van der Waals surface area contributed by atoms with E-state index in [0.29, 0.717) is 6.42 Å². The van der Waals surface area contributed by atoms with Crippen molar-refractivity contribution < 1.29 is 9.53 Å². The van der Waals surface area contributed by atoms with Gasteiger partial charge in [0.1, 0.15) is 0 Å². The third kappa shape index (κ3) is 7.37. The van der Waals surface area contributed by atoms with E-state index in [1.54, 1.807) is 0 Å². The number of ether oxygens (including phenoxy) is 1. The summed E-state index contributed by atoms with van der Waals surface area (Å²) in [5.41, 5.74) is 5.75. The van der Waals surface area contributed by atoms with Crippen LogP contribution in [0.25, 0.3) is 0 Å². The van der Waals surface area contributed by atoms with E-state index in [-0.39, 0.29) is 23.5 Å². The number of nitrogens with two attached hydrogens (primary N) is 1. The SMILES string of the molecule is CCC(C)(C)CC(C)OC(=O)CC(C)N. The van der Waals surface area contributed by atoms with Crippen molar-refractivity contribution in [3.8, 4) is 0 Å². The fraction of sp³-hybridized carbons (Fsp3) is 0.917. The molecule has 0 radical (unpaired) electrons. The Morgan fingerprint density at radius 3 is 2.33 bits per heavy atom. The van der Waals surface area contributed by atoms with E-state index < -0.39 is 0 Å². The number of carbonyl (C=O) groups is 1. The van der Waals surface area contributed by atoms with E-state index in [2.05, 4.69) is 20.8 Å². The van der Waals surface area contributed by atoms with Gasteiger partial charge in [-0.15, -0.1) is 0 Å². The Bertz CT molecular complexity index is 200. The van der Waals surface area contributed by atoms with E-state index in [1.807, 2.05) is 13.8 Å². The van der Waals surface area contributed by atoms with E-state index >= 15 is 0 Å². The second-order valence-corrected chi connectivity index (χ2v) is 5.20. The van der Waals surface area contributed by atoms with Gasteiger partial charge in [0, 0.05) is 6.04 Å². The third-order valence-corrected chi connectivity index (χ3v) is 2.62. The molecule has 0 aromatic heterocycles. The number of esters is 1. The predicted octanol–water partition coefficient (Wildman–Crippen LogP) is 2.48. The number of rotatable bonds is 6. The lowest BCUT2D eigenvalue weighted by atomic mass is 9.84. The molecule has 2 N–H and O–H groups in total. The van der Waals surface area contributed by atoms with Crippen LogP contribution in [0, 0.1) is 5.41 Å². The monoisotopic (exact) mass is 215 g/mol. The van der Waals surface area contributed by atoms with Gasteiger partial charge in [-0.1, -0.05) is 27.2 Å². The topological polar surface area (TPSA) is 52.3 Å². The zero-order chi connectivity index (χ0) is 12.1. The second-order valence-electron chi connectivity index (χ2n) is 5.20. The second kappa shape index (κ2) is 6.11. The fourth-order valence-electron chi connectivity index (χ4n) is 1.50. The van der Waals surface area contributed by atoms with E-state index in [0.717, 1.165) is 12.8 Å². The lowest BCUT2D eigenvalue weighted by Crippen LogP contribution is -2.26. The van der Waals surface area contributed by atoms with Crippen LogP contribution < -0.4 is 5.73 Å². The minimum absolute atomic E-state index is 0.0220. The van der Waals surface area contributed by atoms with Gasteiger partial charge in [-0.25, -0.2) is 0 Å². The van der Waals surface area contributed by atoms with Crippen LogP contribution in [-0.4, -0.2) is 18.1 Å². The van der Waals surface area contributed by atoms with Crippen LogP contribution in [0.3, 0.4) is 0 Å². The Hall–Kier alpha value is -0.570. The Morgan fingerprint density at radius 2 is 1.93 bits per heavy atom. The summed E-state index contributed by atoms with van der Waals surface area (Å²) < 4.78 is 5.28. The lowest BCUT2D eigenvalue weighted by molar-refractivity contribution is -0.149. The van der Waals surface area contributed by atoms with Crippen LogP contribution in [0.2, 0.25) is 0 Å². The van der Waals surface area contributed by atoms with E-state index in [9.17, 15) is 4.79 Å². The molecule has 0 heterocycles. The van der Waals surface area contributed by atoms with Gasteiger partial charge in [-0.3, -0.25) is 4.79 Å². The number of carbonyl (C=O) groups excluding carboxylic acids is 1. The van der Waals surface area contributed by atoms with Crippen molar-refractivity contribution in [2.24, 2.45) is 11.1 Å². The molecule has 15 heavy (non-hydrogen) atoms. The third-order valence-electron chi connectivity index (χ3n) is 2.62. The molecule has 0 aromatic carbocycles. The normalized spacial score (nSPS) is 15.9. The summed E-state index contributed by atoms with van der Waals surface area (Å²) in [6.45, 7) is 10.3. The molecule has 3 heteroatoms. The quantitative estimate of drug-likeness (QED) is 0.692. The van der Waals surface area contributed by atoms with Gasteiger partial charge >= 0.3 is 5.97 Å². The van der Waals surface area contributed by atoms with Crippen LogP contribution in [-0.2, 0) is 9.53 Å². The fourth-order valence-corrected chi connectivity index (χ4v) is 1.50. The summed E-state index contributed by atoms with van der Waals surface area (Å²) in [7, 11) is 0. The molecule has 0 saturated carbocycles. The highest BCUT2D eigenvalue weighted by atomic mass is 16.5. The summed E-state index contributed by atoms with van der Waals surface area (Å²) in [6.07, 6.45) is 2.26. The molecule has 0 fully saturated rings. The van der Waals surface area contributed by atoms with Crippen molar-refractivity contribution in [1.82, 2.24) is 0 Å². The maximum atomic E-state index is 11.3. The average Bonchev–Trinajstić information content (AvgIpc) is 2.00. The highest BCUT2D eigenvalue weighted by Crippen LogP contribution is 2.27. The Morgan fingerprint density at radius 1 is 1.40 bits per heavy atom. The predicted molar refractivity (Wildman–Crippen MR) is 62.5 cm³/mol. The van der Waals surface area contributed by atoms with Crippen LogP contribution >= 0.6 is 0 Å². The highest BCUT2D eigenvalue weighted by molar-refractivity contribution is 5.70. The largest absolute Gasteiger partial charge is 0.463 e.